The third-order valence-corrected chi connectivity index (χ3v) is 3.45. The Morgan fingerprint density at radius 1 is 1.00 bits per heavy atom. The van der Waals surface area contributed by atoms with Gasteiger partial charge in [0.05, 0.1) is 0 Å². The van der Waals surface area contributed by atoms with Crippen LogP contribution < -0.4 is 5.32 Å². The van der Waals surface area contributed by atoms with Gasteiger partial charge in [0.2, 0.25) is 0 Å². The van der Waals surface area contributed by atoms with Crippen LogP contribution in [0.15, 0.2) is 18.2 Å². The molecule has 96 valence electrons. The van der Waals surface area contributed by atoms with Crippen molar-refractivity contribution in [1.29, 1.82) is 0 Å². The quantitative estimate of drug-likeness (QED) is 0.795. The van der Waals surface area contributed by atoms with Gasteiger partial charge in [-0.2, -0.15) is 0 Å². The highest BCUT2D eigenvalue weighted by molar-refractivity contribution is 5.30. The topological polar surface area (TPSA) is 12.0 Å². The molecule has 0 radical (unpaired) electrons. The summed E-state index contributed by atoms with van der Waals surface area (Å²) in [6.45, 7) is 13.4. The van der Waals surface area contributed by atoms with Crippen LogP contribution in [-0.2, 0) is 0 Å². The summed E-state index contributed by atoms with van der Waals surface area (Å²) in [4.78, 5) is 0. The lowest BCUT2D eigenvalue weighted by Gasteiger charge is -2.26. The van der Waals surface area contributed by atoms with Crippen LogP contribution in [0.25, 0.3) is 0 Å². The standard InChI is InChI=1S/C16H27N/c1-7-16(11(2)3)17-14(6)15-9-12(4)8-13(5)10-15/h8-11,14,16-17H,7H2,1-6H3. The molecule has 1 N–H and O–H groups in total. The molecule has 0 saturated heterocycles. The molecule has 1 aromatic rings. The first kappa shape index (κ1) is 14.2. The minimum Gasteiger partial charge on any atom is -0.307 e. The van der Waals surface area contributed by atoms with Gasteiger partial charge >= 0.3 is 0 Å². The molecule has 0 spiro atoms. The van der Waals surface area contributed by atoms with Crippen LogP contribution >= 0.6 is 0 Å². The van der Waals surface area contributed by atoms with Gasteiger partial charge in [-0.15, -0.1) is 0 Å². The Morgan fingerprint density at radius 3 is 1.94 bits per heavy atom. The van der Waals surface area contributed by atoms with Gasteiger partial charge in [0.25, 0.3) is 0 Å². The van der Waals surface area contributed by atoms with Crippen molar-refractivity contribution in [2.45, 2.75) is 60.0 Å². The summed E-state index contributed by atoms with van der Waals surface area (Å²) in [5.74, 6) is 0.688. The van der Waals surface area contributed by atoms with Gasteiger partial charge in [0.15, 0.2) is 0 Å². The van der Waals surface area contributed by atoms with Crippen molar-refractivity contribution in [3.63, 3.8) is 0 Å². The van der Waals surface area contributed by atoms with E-state index in [2.05, 4.69) is 65.1 Å². The first-order valence-electron chi connectivity index (χ1n) is 6.78. The number of hydrogen-bond acceptors (Lipinski definition) is 1. The summed E-state index contributed by atoms with van der Waals surface area (Å²) in [5.41, 5.74) is 4.11. The van der Waals surface area contributed by atoms with E-state index in [1.54, 1.807) is 0 Å². The Bertz CT molecular complexity index is 334. The van der Waals surface area contributed by atoms with E-state index >= 15 is 0 Å². The molecule has 0 aromatic heterocycles. The molecule has 2 unspecified atom stereocenters. The molecule has 1 aromatic carbocycles. The maximum absolute atomic E-state index is 3.74. The minimum atomic E-state index is 0.431. The third-order valence-electron chi connectivity index (χ3n) is 3.45. The van der Waals surface area contributed by atoms with E-state index in [-0.39, 0.29) is 0 Å². The fourth-order valence-corrected chi connectivity index (χ4v) is 2.46. The van der Waals surface area contributed by atoms with E-state index in [1.165, 1.54) is 23.1 Å². The highest BCUT2D eigenvalue weighted by atomic mass is 14.9. The second-order valence-corrected chi connectivity index (χ2v) is 5.57. The maximum atomic E-state index is 3.74. The molecule has 0 aliphatic heterocycles. The molecule has 1 nitrogen and oxygen atoms in total. The maximum Gasteiger partial charge on any atom is 0.0294 e. The van der Waals surface area contributed by atoms with Crippen molar-refractivity contribution >= 4 is 0 Å². The summed E-state index contributed by atoms with van der Waals surface area (Å²) < 4.78 is 0. The van der Waals surface area contributed by atoms with Crippen molar-refractivity contribution in [3.05, 3.63) is 34.9 Å². The molecule has 0 bridgehead atoms. The molecule has 0 fully saturated rings. The highest BCUT2D eigenvalue weighted by Crippen LogP contribution is 2.19. The SMILES string of the molecule is CCC(NC(C)c1cc(C)cc(C)c1)C(C)C. The van der Waals surface area contributed by atoms with Gasteiger partial charge in [-0.1, -0.05) is 50.1 Å². The molecular weight excluding hydrogens is 206 g/mol. The molecule has 0 aliphatic rings. The van der Waals surface area contributed by atoms with E-state index in [0.717, 1.165) is 0 Å². The van der Waals surface area contributed by atoms with Crippen molar-refractivity contribution in [1.82, 2.24) is 5.32 Å². The molecule has 0 saturated carbocycles. The average molecular weight is 233 g/mol. The largest absolute Gasteiger partial charge is 0.307 e. The number of aryl methyl sites for hydroxylation is 2. The predicted octanol–water partition coefficient (Wildman–Crippen LogP) is 4.39. The van der Waals surface area contributed by atoms with Gasteiger partial charge in [0.1, 0.15) is 0 Å². The number of benzene rings is 1. The fraction of sp³-hybridized carbons (Fsp3) is 0.625. The second kappa shape index (κ2) is 6.20. The highest BCUT2D eigenvalue weighted by Gasteiger charge is 2.15. The van der Waals surface area contributed by atoms with E-state index in [9.17, 15) is 0 Å². The summed E-state index contributed by atoms with van der Waals surface area (Å²) >= 11 is 0. The molecule has 1 rings (SSSR count). The van der Waals surface area contributed by atoms with Crippen LogP contribution in [0.2, 0.25) is 0 Å². The normalized spacial score (nSPS) is 15.0. The predicted molar refractivity (Wildman–Crippen MR) is 76.4 cm³/mol. The van der Waals surface area contributed by atoms with Crippen molar-refractivity contribution in [3.8, 4) is 0 Å². The Morgan fingerprint density at radius 2 is 1.53 bits per heavy atom. The number of rotatable bonds is 5. The lowest BCUT2D eigenvalue weighted by molar-refractivity contribution is 0.356. The second-order valence-electron chi connectivity index (χ2n) is 5.57. The lowest BCUT2D eigenvalue weighted by atomic mass is 9.97. The minimum absolute atomic E-state index is 0.431. The summed E-state index contributed by atoms with van der Waals surface area (Å²) in [6.07, 6.45) is 1.19. The van der Waals surface area contributed by atoms with E-state index < -0.39 is 0 Å². The van der Waals surface area contributed by atoms with Gasteiger partial charge in [-0.25, -0.2) is 0 Å². The average Bonchev–Trinajstić information content (AvgIpc) is 2.23. The van der Waals surface area contributed by atoms with E-state index in [4.69, 9.17) is 0 Å². The van der Waals surface area contributed by atoms with Crippen molar-refractivity contribution in [2.24, 2.45) is 5.92 Å². The Kier molecular flexibility index (Phi) is 5.20. The number of hydrogen-bond donors (Lipinski definition) is 1. The van der Waals surface area contributed by atoms with E-state index in [1.807, 2.05) is 0 Å². The number of nitrogens with one attached hydrogen (secondary N) is 1. The molecule has 0 aliphatic carbocycles. The third kappa shape index (κ3) is 4.16. The van der Waals surface area contributed by atoms with Crippen LogP contribution in [0.5, 0.6) is 0 Å². The van der Waals surface area contributed by atoms with Crippen LogP contribution in [0.3, 0.4) is 0 Å². The van der Waals surface area contributed by atoms with Crippen LogP contribution in [-0.4, -0.2) is 6.04 Å². The van der Waals surface area contributed by atoms with Gasteiger partial charge in [-0.3, -0.25) is 0 Å². The molecular formula is C16H27N. The lowest BCUT2D eigenvalue weighted by Crippen LogP contribution is -2.35. The van der Waals surface area contributed by atoms with E-state index in [0.29, 0.717) is 18.0 Å². The van der Waals surface area contributed by atoms with Crippen molar-refractivity contribution < 1.29 is 0 Å². The zero-order valence-corrected chi connectivity index (χ0v) is 12.2. The van der Waals surface area contributed by atoms with Gasteiger partial charge < -0.3 is 5.32 Å². The summed E-state index contributed by atoms with van der Waals surface area (Å²) in [7, 11) is 0. The van der Waals surface area contributed by atoms with Crippen molar-refractivity contribution in [2.75, 3.05) is 0 Å². The first-order chi connectivity index (χ1) is 7.93. The summed E-state index contributed by atoms with van der Waals surface area (Å²) in [6, 6.07) is 7.84. The monoisotopic (exact) mass is 233 g/mol. The molecule has 0 heterocycles. The fourth-order valence-electron chi connectivity index (χ4n) is 2.46. The van der Waals surface area contributed by atoms with Gasteiger partial charge in [0, 0.05) is 12.1 Å². The van der Waals surface area contributed by atoms with Crippen LogP contribution in [0, 0.1) is 19.8 Å². The molecule has 2 atom stereocenters. The smallest absolute Gasteiger partial charge is 0.0294 e. The zero-order valence-electron chi connectivity index (χ0n) is 12.2. The molecule has 1 heteroatoms. The Labute approximate surface area is 107 Å². The first-order valence-corrected chi connectivity index (χ1v) is 6.78. The zero-order chi connectivity index (χ0) is 13.0. The summed E-state index contributed by atoms with van der Waals surface area (Å²) in [5, 5.41) is 3.74. The van der Waals surface area contributed by atoms with Crippen LogP contribution in [0.1, 0.15) is 56.8 Å². The Balaban J connectivity index is 2.78. The Hall–Kier alpha value is -0.820. The molecule has 17 heavy (non-hydrogen) atoms. The van der Waals surface area contributed by atoms with Crippen LogP contribution in [0.4, 0.5) is 0 Å². The molecule has 0 amide bonds. The van der Waals surface area contributed by atoms with Gasteiger partial charge in [-0.05, 0) is 38.7 Å².